The van der Waals surface area contributed by atoms with Crippen molar-refractivity contribution in [2.75, 3.05) is 0 Å². The second kappa shape index (κ2) is 7.79. The van der Waals surface area contributed by atoms with Crippen LogP contribution in [-0.2, 0) is 19.0 Å². The van der Waals surface area contributed by atoms with E-state index in [1.807, 2.05) is 52.8 Å². The molecule has 0 unspecified atom stereocenters. The van der Waals surface area contributed by atoms with Crippen molar-refractivity contribution in [3.05, 3.63) is 37.5 Å². The minimum Gasteiger partial charge on any atom is -0.367 e. The topological polar surface area (TPSA) is 44.8 Å². The molecule has 4 nitrogen and oxygen atoms in total. The second-order valence-corrected chi connectivity index (χ2v) is 8.56. The van der Waals surface area contributed by atoms with Gasteiger partial charge in [-0.25, -0.2) is 0 Å². The van der Waals surface area contributed by atoms with Gasteiger partial charge in [-0.1, -0.05) is 19.1 Å². The van der Waals surface area contributed by atoms with E-state index in [4.69, 9.17) is 14.2 Å². The highest BCUT2D eigenvalue weighted by Gasteiger charge is 2.38. The summed E-state index contributed by atoms with van der Waals surface area (Å²) in [5.74, 6) is -0.126. The van der Waals surface area contributed by atoms with Crippen LogP contribution in [0.5, 0.6) is 0 Å². The summed E-state index contributed by atoms with van der Waals surface area (Å²) in [5.41, 5.74) is -1.23. The molecule has 0 spiro atoms. The van der Waals surface area contributed by atoms with Gasteiger partial charge in [0.1, 0.15) is 0 Å². The Morgan fingerprint density at radius 2 is 1.73 bits per heavy atom. The number of allylic oxidation sites excluding steroid dienone is 1. The Hall–Kier alpha value is -1.23. The third-order valence-corrected chi connectivity index (χ3v) is 5.58. The number of hydrogen-bond donors (Lipinski definition) is 0. The standard InChI is InChI=1S/C22H34O4/c1-8-21(6)14-11-18(24-21)16(3)17(23)10-13-20(4,5)25-19-12-15-22(7,9-2)26-19/h8-10,13,16,18-19H,1-2,11-12,14-15H2,3-7H3/b13-10+/t16-,18+,19-,21+,22+/m1/s1. The summed E-state index contributed by atoms with van der Waals surface area (Å²) < 4.78 is 18.0. The summed E-state index contributed by atoms with van der Waals surface area (Å²) in [6.45, 7) is 17.5. The van der Waals surface area contributed by atoms with Gasteiger partial charge in [-0.2, -0.15) is 0 Å². The maximum absolute atomic E-state index is 12.6. The molecule has 2 saturated heterocycles. The Bertz CT molecular complexity index is 579. The van der Waals surface area contributed by atoms with Crippen molar-refractivity contribution in [2.24, 2.45) is 5.92 Å². The van der Waals surface area contributed by atoms with Gasteiger partial charge in [-0.15, -0.1) is 13.2 Å². The van der Waals surface area contributed by atoms with Crippen LogP contribution in [0.1, 0.15) is 60.3 Å². The van der Waals surface area contributed by atoms with E-state index in [0.29, 0.717) is 0 Å². The van der Waals surface area contributed by atoms with Crippen LogP contribution in [0, 0.1) is 5.92 Å². The predicted octanol–water partition coefficient (Wildman–Crippen LogP) is 4.75. The predicted molar refractivity (Wildman–Crippen MR) is 104 cm³/mol. The SMILES string of the molecule is C=C[C@@]1(C)CC[C@H](OC(C)(C)/C=C/C(=O)[C@@H](C)[C@@H]2CC[C@](C)(C=C)O2)O1. The van der Waals surface area contributed by atoms with Crippen LogP contribution in [0.3, 0.4) is 0 Å². The van der Waals surface area contributed by atoms with Crippen molar-refractivity contribution < 1.29 is 19.0 Å². The van der Waals surface area contributed by atoms with Crippen molar-refractivity contribution in [3.63, 3.8) is 0 Å². The van der Waals surface area contributed by atoms with Crippen molar-refractivity contribution in [3.8, 4) is 0 Å². The molecule has 2 fully saturated rings. The molecule has 0 bridgehead atoms. The summed E-state index contributed by atoms with van der Waals surface area (Å²) in [6, 6.07) is 0. The Balaban J connectivity index is 1.90. The molecular weight excluding hydrogens is 328 g/mol. The van der Waals surface area contributed by atoms with Crippen LogP contribution >= 0.6 is 0 Å². The van der Waals surface area contributed by atoms with Gasteiger partial charge in [0.2, 0.25) is 0 Å². The van der Waals surface area contributed by atoms with Gasteiger partial charge in [0.15, 0.2) is 12.1 Å². The van der Waals surface area contributed by atoms with Crippen molar-refractivity contribution in [2.45, 2.75) is 89.5 Å². The zero-order valence-corrected chi connectivity index (χ0v) is 16.9. The molecule has 0 aromatic carbocycles. The van der Waals surface area contributed by atoms with Gasteiger partial charge < -0.3 is 14.2 Å². The lowest BCUT2D eigenvalue weighted by molar-refractivity contribution is -0.189. The highest BCUT2D eigenvalue weighted by molar-refractivity contribution is 5.92. The van der Waals surface area contributed by atoms with Crippen molar-refractivity contribution >= 4 is 5.78 Å². The molecule has 2 heterocycles. The van der Waals surface area contributed by atoms with Crippen LogP contribution in [0.25, 0.3) is 0 Å². The third kappa shape index (κ3) is 5.15. The largest absolute Gasteiger partial charge is 0.367 e. The fourth-order valence-electron chi connectivity index (χ4n) is 3.45. The first kappa shape index (κ1) is 21.1. The highest BCUT2D eigenvalue weighted by atomic mass is 16.7. The van der Waals surface area contributed by atoms with Crippen molar-refractivity contribution in [1.82, 2.24) is 0 Å². The van der Waals surface area contributed by atoms with Gasteiger partial charge in [0.05, 0.1) is 22.9 Å². The monoisotopic (exact) mass is 362 g/mol. The molecule has 0 N–H and O–H groups in total. The summed E-state index contributed by atoms with van der Waals surface area (Å²) in [5, 5.41) is 0. The number of ether oxygens (including phenoxy) is 3. The van der Waals surface area contributed by atoms with E-state index in [1.54, 1.807) is 6.08 Å². The molecular formula is C22H34O4. The fraction of sp³-hybridized carbons (Fsp3) is 0.682. The highest BCUT2D eigenvalue weighted by Crippen LogP contribution is 2.35. The number of carbonyl (C=O) groups excluding carboxylic acids is 1. The Morgan fingerprint density at radius 3 is 2.27 bits per heavy atom. The summed E-state index contributed by atoms with van der Waals surface area (Å²) in [6.07, 6.45) is 10.2. The van der Waals surface area contributed by atoms with Crippen LogP contribution in [0.4, 0.5) is 0 Å². The maximum atomic E-state index is 12.6. The Morgan fingerprint density at radius 1 is 1.15 bits per heavy atom. The summed E-state index contributed by atoms with van der Waals surface area (Å²) in [4.78, 5) is 12.6. The molecule has 4 heteroatoms. The molecule has 0 aliphatic carbocycles. The molecule has 0 aromatic heterocycles. The average molecular weight is 363 g/mol. The van der Waals surface area contributed by atoms with Crippen LogP contribution in [0.2, 0.25) is 0 Å². The minimum atomic E-state index is -0.585. The maximum Gasteiger partial charge on any atom is 0.160 e. The summed E-state index contributed by atoms with van der Waals surface area (Å²) in [7, 11) is 0. The zero-order chi connectivity index (χ0) is 19.6. The zero-order valence-electron chi connectivity index (χ0n) is 16.9. The molecule has 0 amide bonds. The number of carbonyl (C=O) groups is 1. The van der Waals surface area contributed by atoms with Crippen LogP contribution in [0.15, 0.2) is 37.5 Å². The van der Waals surface area contributed by atoms with E-state index in [9.17, 15) is 4.79 Å². The van der Waals surface area contributed by atoms with E-state index in [2.05, 4.69) is 13.2 Å². The van der Waals surface area contributed by atoms with Gasteiger partial charge in [0, 0.05) is 12.3 Å². The molecule has 26 heavy (non-hydrogen) atoms. The average Bonchev–Trinajstić information content (AvgIpc) is 3.16. The smallest absolute Gasteiger partial charge is 0.160 e. The molecule has 5 atom stereocenters. The molecule has 0 saturated carbocycles. The van der Waals surface area contributed by atoms with Crippen molar-refractivity contribution in [1.29, 1.82) is 0 Å². The lowest BCUT2D eigenvalue weighted by Gasteiger charge is -2.28. The van der Waals surface area contributed by atoms with E-state index in [0.717, 1.165) is 25.7 Å². The van der Waals surface area contributed by atoms with Gasteiger partial charge >= 0.3 is 0 Å². The number of hydrogen-bond acceptors (Lipinski definition) is 4. The fourth-order valence-corrected chi connectivity index (χ4v) is 3.45. The number of ketones is 1. The van der Waals surface area contributed by atoms with E-state index < -0.39 is 5.60 Å². The first-order chi connectivity index (χ1) is 12.0. The molecule has 146 valence electrons. The number of rotatable bonds is 8. The normalized spacial score (nSPS) is 36.3. The van der Waals surface area contributed by atoms with Gasteiger partial charge in [-0.05, 0) is 59.1 Å². The molecule has 2 aliphatic heterocycles. The van der Waals surface area contributed by atoms with Crippen LogP contribution < -0.4 is 0 Å². The van der Waals surface area contributed by atoms with E-state index >= 15 is 0 Å². The molecule has 2 rings (SSSR count). The molecule has 0 radical (unpaired) electrons. The first-order valence-electron chi connectivity index (χ1n) is 9.55. The lowest BCUT2D eigenvalue weighted by Crippen LogP contribution is -2.32. The van der Waals surface area contributed by atoms with E-state index in [1.165, 1.54) is 0 Å². The van der Waals surface area contributed by atoms with Gasteiger partial charge in [-0.3, -0.25) is 4.79 Å². The van der Waals surface area contributed by atoms with Gasteiger partial charge in [0.25, 0.3) is 0 Å². The molecule has 2 aliphatic rings. The quantitative estimate of drug-likeness (QED) is 0.462. The minimum absolute atomic E-state index is 0.0586. The lowest BCUT2D eigenvalue weighted by atomic mass is 9.94. The van der Waals surface area contributed by atoms with Crippen LogP contribution in [-0.4, -0.2) is 35.0 Å². The Kier molecular flexibility index (Phi) is 6.32. The first-order valence-corrected chi connectivity index (χ1v) is 9.55. The third-order valence-electron chi connectivity index (χ3n) is 5.58. The Labute approximate surface area is 158 Å². The second-order valence-electron chi connectivity index (χ2n) is 8.56. The van der Waals surface area contributed by atoms with E-state index in [-0.39, 0.29) is 35.3 Å². The molecule has 0 aromatic rings. The summed E-state index contributed by atoms with van der Waals surface area (Å²) >= 11 is 0.